The van der Waals surface area contributed by atoms with Crippen LogP contribution in [0.3, 0.4) is 0 Å². The highest BCUT2D eigenvalue weighted by Gasteiger charge is 2.10. The van der Waals surface area contributed by atoms with E-state index in [0.29, 0.717) is 16.8 Å². The van der Waals surface area contributed by atoms with Gasteiger partial charge in [-0.1, -0.05) is 24.3 Å². The van der Waals surface area contributed by atoms with E-state index in [9.17, 15) is 9.59 Å². The third-order valence-corrected chi connectivity index (χ3v) is 2.80. The molecule has 19 heavy (non-hydrogen) atoms. The fourth-order valence-corrected chi connectivity index (χ4v) is 1.83. The van der Waals surface area contributed by atoms with Crippen LogP contribution in [-0.4, -0.2) is 19.0 Å². The van der Waals surface area contributed by atoms with E-state index in [4.69, 9.17) is 0 Å². The lowest BCUT2D eigenvalue weighted by molar-refractivity contribution is -0.112. The number of anilines is 1. The molecular formula is C15H15NO3. The monoisotopic (exact) mass is 257 g/mol. The summed E-state index contributed by atoms with van der Waals surface area (Å²) in [7, 11) is 1.32. The minimum absolute atomic E-state index is 0.169. The van der Waals surface area contributed by atoms with Crippen molar-refractivity contribution < 1.29 is 14.3 Å². The summed E-state index contributed by atoms with van der Waals surface area (Å²) in [6, 6.07) is 6.67. The molecular weight excluding hydrogens is 242 g/mol. The molecule has 0 radical (unpaired) electrons. The van der Waals surface area contributed by atoms with Crippen LogP contribution in [0.2, 0.25) is 0 Å². The van der Waals surface area contributed by atoms with E-state index >= 15 is 0 Å². The number of rotatable bonds is 3. The molecule has 0 saturated heterocycles. The normalized spacial score (nSPS) is 13.6. The summed E-state index contributed by atoms with van der Waals surface area (Å²) in [5.41, 5.74) is 1.64. The summed E-state index contributed by atoms with van der Waals surface area (Å²) in [5, 5.41) is 2.76. The number of benzene rings is 1. The third-order valence-electron chi connectivity index (χ3n) is 2.80. The quantitative estimate of drug-likeness (QED) is 0.847. The zero-order chi connectivity index (χ0) is 13.7. The molecule has 0 aliphatic heterocycles. The Labute approximate surface area is 111 Å². The molecule has 0 fully saturated rings. The Hall–Kier alpha value is -2.36. The lowest BCUT2D eigenvalue weighted by Crippen LogP contribution is -2.14. The summed E-state index contributed by atoms with van der Waals surface area (Å²) in [6.07, 6.45) is 7.53. The largest absolute Gasteiger partial charge is 0.465 e. The van der Waals surface area contributed by atoms with Crippen LogP contribution in [0.15, 0.2) is 48.1 Å². The van der Waals surface area contributed by atoms with Crippen molar-refractivity contribution >= 4 is 17.6 Å². The number of hydrogen-bond acceptors (Lipinski definition) is 3. The van der Waals surface area contributed by atoms with Crippen molar-refractivity contribution in [3.8, 4) is 0 Å². The number of amides is 1. The van der Waals surface area contributed by atoms with E-state index in [2.05, 4.69) is 10.1 Å². The second kappa shape index (κ2) is 6.00. The fourth-order valence-electron chi connectivity index (χ4n) is 1.83. The van der Waals surface area contributed by atoms with Gasteiger partial charge in [0.25, 0.3) is 5.91 Å². The Morgan fingerprint density at radius 1 is 1.26 bits per heavy atom. The van der Waals surface area contributed by atoms with Crippen molar-refractivity contribution in [1.82, 2.24) is 0 Å². The van der Waals surface area contributed by atoms with Crippen LogP contribution in [0.1, 0.15) is 23.2 Å². The molecule has 0 unspecified atom stereocenters. The van der Waals surface area contributed by atoms with Crippen molar-refractivity contribution in [2.45, 2.75) is 12.8 Å². The van der Waals surface area contributed by atoms with Crippen LogP contribution in [0.25, 0.3) is 0 Å². The van der Waals surface area contributed by atoms with Gasteiger partial charge in [-0.3, -0.25) is 4.79 Å². The van der Waals surface area contributed by atoms with Gasteiger partial charge >= 0.3 is 5.97 Å². The number of hydrogen-bond donors (Lipinski definition) is 1. The third kappa shape index (κ3) is 3.31. The summed E-state index contributed by atoms with van der Waals surface area (Å²) < 4.78 is 4.64. The SMILES string of the molecule is COC(=O)c1cccc(NC(=O)C2=CCCC=C2)c1. The van der Waals surface area contributed by atoms with Gasteiger partial charge in [0.2, 0.25) is 0 Å². The Bertz CT molecular complexity index is 558. The Morgan fingerprint density at radius 2 is 2.11 bits per heavy atom. The van der Waals surface area contributed by atoms with Gasteiger partial charge in [0.15, 0.2) is 0 Å². The number of methoxy groups -OCH3 is 1. The van der Waals surface area contributed by atoms with E-state index in [1.54, 1.807) is 24.3 Å². The van der Waals surface area contributed by atoms with E-state index in [1.165, 1.54) is 7.11 Å². The maximum Gasteiger partial charge on any atom is 0.337 e. The molecule has 0 spiro atoms. The molecule has 1 aromatic carbocycles. The highest BCUT2D eigenvalue weighted by Crippen LogP contribution is 2.15. The molecule has 4 heteroatoms. The maximum atomic E-state index is 12.0. The van der Waals surface area contributed by atoms with Crippen molar-refractivity contribution in [1.29, 1.82) is 0 Å². The average Bonchev–Trinajstić information content (AvgIpc) is 2.47. The predicted molar refractivity (Wildman–Crippen MR) is 72.9 cm³/mol. The number of esters is 1. The molecule has 1 amide bonds. The second-order valence-corrected chi connectivity index (χ2v) is 4.17. The number of carbonyl (C=O) groups is 2. The molecule has 0 bridgehead atoms. The summed E-state index contributed by atoms with van der Waals surface area (Å²) in [4.78, 5) is 23.4. The first-order chi connectivity index (χ1) is 9.20. The Balaban J connectivity index is 2.11. The van der Waals surface area contributed by atoms with E-state index in [1.807, 2.05) is 18.2 Å². The van der Waals surface area contributed by atoms with Gasteiger partial charge in [0, 0.05) is 11.3 Å². The molecule has 0 heterocycles. The molecule has 1 aliphatic carbocycles. The molecule has 0 saturated carbocycles. The zero-order valence-electron chi connectivity index (χ0n) is 10.7. The molecule has 4 nitrogen and oxygen atoms in total. The summed E-state index contributed by atoms with van der Waals surface area (Å²) >= 11 is 0. The molecule has 0 aromatic heterocycles. The zero-order valence-corrected chi connectivity index (χ0v) is 10.7. The first-order valence-corrected chi connectivity index (χ1v) is 6.07. The highest BCUT2D eigenvalue weighted by molar-refractivity contribution is 6.06. The van der Waals surface area contributed by atoms with Gasteiger partial charge in [-0.05, 0) is 31.0 Å². The molecule has 0 atom stereocenters. The molecule has 1 aliphatic rings. The topological polar surface area (TPSA) is 55.4 Å². The van der Waals surface area contributed by atoms with E-state index in [-0.39, 0.29) is 5.91 Å². The van der Waals surface area contributed by atoms with Crippen LogP contribution in [0.4, 0.5) is 5.69 Å². The Morgan fingerprint density at radius 3 is 2.79 bits per heavy atom. The van der Waals surface area contributed by atoms with Crippen molar-refractivity contribution in [2.75, 3.05) is 12.4 Å². The first kappa shape index (κ1) is 13.1. The van der Waals surface area contributed by atoms with Gasteiger partial charge in [-0.15, -0.1) is 0 Å². The predicted octanol–water partition coefficient (Wildman–Crippen LogP) is 2.69. The van der Waals surface area contributed by atoms with Gasteiger partial charge in [0.1, 0.15) is 0 Å². The standard InChI is InChI=1S/C15H15NO3/c1-19-15(18)12-8-5-9-13(10-12)16-14(17)11-6-3-2-4-7-11/h3,5-10H,2,4H2,1H3,(H,16,17). The van der Waals surface area contributed by atoms with E-state index in [0.717, 1.165) is 12.8 Å². The van der Waals surface area contributed by atoms with Gasteiger partial charge in [0.05, 0.1) is 12.7 Å². The van der Waals surface area contributed by atoms with Crippen molar-refractivity contribution in [3.63, 3.8) is 0 Å². The van der Waals surface area contributed by atoms with Gasteiger partial charge < -0.3 is 10.1 Å². The lowest BCUT2D eigenvalue weighted by Gasteiger charge is -2.09. The van der Waals surface area contributed by atoms with Crippen molar-refractivity contribution in [3.05, 3.63) is 53.6 Å². The van der Waals surface area contributed by atoms with Crippen LogP contribution in [0, 0.1) is 0 Å². The molecule has 98 valence electrons. The van der Waals surface area contributed by atoms with Gasteiger partial charge in [-0.25, -0.2) is 4.79 Å². The number of nitrogens with one attached hydrogen (secondary N) is 1. The van der Waals surface area contributed by atoms with E-state index < -0.39 is 5.97 Å². The maximum absolute atomic E-state index is 12.0. The summed E-state index contributed by atoms with van der Waals surface area (Å²) in [6.45, 7) is 0. The lowest BCUT2D eigenvalue weighted by atomic mass is 10.1. The fraction of sp³-hybridized carbons (Fsp3) is 0.200. The number of ether oxygens (including phenoxy) is 1. The van der Waals surface area contributed by atoms with Crippen LogP contribution < -0.4 is 5.32 Å². The molecule has 2 rings (SSSR count). The van der Waals surface area contributed by atoms with Crippen LogP contribution in [0.5, 0.6) is 0 Å². The first-order valence-electron chi connectivity index (χ1n) is 6.07. The van der Waals surface area contributed by atoms with Gasteiger partial charge in [-0.2, -0.15) is 0 Å². The minimum Gasteiger partial charge on any atom is -0.465 e. The minimum atomic E-state index is -0.423. The van der Waals surface area contributed by atoms with Crippen molar-refractivity contribution in [2.24, 2.45) is 0 Å². The Kier molecular flexibility index (Phi) is 4.13. The van der Waals surface area contributed by atoms with Crippen LogP contribution >= 0.6 is 0 Å². The summed E-state index contributed by atoms with van der Waals surface area (Å²) in [5.74, 6) is -0.592. The van der Waals surface area contributed by atoms with Crippen LogP contribution in [-0.2, 0) is 9.53 Å². The average molecular weight is 257 g/mol. The highest BCUT2D eigenvalue weighted by atomic mass is 16.5. The number of allylic oxidation sites excluding steroid dienone is 2. The number of carbonyl (C=O) groups excluding carboxylic acids is 2. The molecule has 1 N–H and O–H groups in total. The smallest absolute Gasteiger partial charge is 0.337 e. The second-order valence-electron chi connectivity index (χ2n) is 4.17. The molecule has 1 aromatic rings.